The number of benzene rings is 1. The first kappa shape index (κ1) is 19.2. The molecule has 5 nitrogen and oxygen atoms in total. The molecular weight excluding hydrogens is 319 g/mol. The highest BCUT2D eigenvalue weighted by Gasteiger charge is 2.41. The summed E-state index contributed by atoms with van der Waals surface area (Å²) in [6.45, 7) is 8.64. The molecule has 1 aromatic rings. The molecule has 1 amide bonds. The van der Waals surface area contributed by atoms with E-state index in [4.69, 9.17) is 0 Å². The lowest BCUT2D eigenvalue weighted by Gasteiger charge is -2.25. The molecule has 0 saturated heterocycles. The third-order valence-corrected chi connectivity index (χ3v) is 3.97. The SMILES string of the molecule is CCN=C(NC1CC1c1ccccc1F)N(C)CC(=O)NC(C)(C)C. The van der Waals surface area contributed by atoms with Crippen molar-refractivity contribution in [3.8, 4) is 0 Å². The fourth-order valence-electron chi connectivity index (χ4n) is 2.81. The van der Waals surface area contributed by atoms with Crippen molar-refractivity contribution in [2.24, 2.45) is 4.99 Å². The Labute approximate surface area is 149 Å². The highest BCUT2D eigenvalue weighted by Crippen LogP contribution is 2.41. The first-order valence-corrected chi connectivity index (χ1v) is 8.79. The average molecular weight is 348 g/mol. The van der Waals surface area contributed by atoms with Gasteiger partial charge >= 0.3 is 0 Å². The normalized spacial score (nSPS) is 20.2. The van der Waals surface area contributed by atoms with Crippen molar-refractivity contribution in [3.05, 3.63) is 35.6 Å². The van der Waals surface area contributed by atoms with E-state index in [2.05, 4.69) is 15.6 Å². The van der Waals surface area contributed by atoms with Crippen LogP contribution in [0.1, 0.15) is 45.6 Å². The molecule has 1 fully saturated rings. The van der Waals surface area contributed by atoms with Crippen molar-refractivity contribution in [2.45, 2.75) is 51.6 Å². The number of carbonyl (C=O) groups is 1. The predicted octanol–water partition coefficient (Wildman–Crippen LogP) is 2.49. The van der Waals surface area contributed by atoms with Crippen LogP contribution in [-0.2, 0) is 4.79 Å². The highest BCUT2D eigenvalue weighted by molar-refractivity contribution is 5.87. The van der Waals surface area contributed by atoms with Gasteiger partial charge in [-0.25, -0.2) is 4.39 Å². The fraction of sp³-hybridized carbons (Fsp3) is 0.579. The average Bonchev–Trinajstić information content (AvgIpc) is 3.24. The van der Waals surface area contributed by atoms with Gasteiger partial charge in [0.1, 0.15) is 5.82 Å². The highest BCUT2D eigenvalue weighted by atomic mass is 19.1. The molecule has 2 atom stereocenters. The van der Waals surface area contributed by atoms with Crippen LogP contribution in [0.15, 0.2) is 29.3 Å². The second-order valence-corrected chi connectivity index (χ2v) is 7.57. The van der Waals surface area contributed by atoms with Crippen LogP contribution < -0.4 is 10.6 Å². The lowest BCUT2D eigenvalue weighted by Crippen LogP contribution is -2.49. The van der Waals surface area contributed by atoms with Gasteiger partial charge in [0.15, 0.2) is 5.96 Å². The number of hydrogen-bond acceptors (Lipinski definition) is 2. The minimum atomic E-state index is -0.264. The van der Waals surface area contributed by atoms with E-state index in [-0.39, 0.29) is 35.8 Å². The van der Waals surface area contributed by atoms with E-state index in [9.17, 15) is 9.18 Å². The lowest BCUT2D eigenvalue weighted by atomic mass is 10.1. The van der Waals surface area contributed by atoms with Crippen LogP contribution in [-0.4, -0.2) is 48.5 Å². The van der Waals surface area contributed by atoms with Gasteiger partial charge in [-0.3, -0.25) is 9.79 Å². The summed E-state index contributed by atoms with van der Waals surface area (Å²) < 4.78 is 13.9. The Morgan fingerprint density at radius 2 is 2.04 bits per heavy atom. The summed E-state index contributed by atoms with van der Waals surface area (Å²) >= 11 is 0. The maximum Gasteiger partial charge on any atom is 0.240 e. The summed E-state index contributed by atoms with van der Waals surface area (Å²) in [4.78, 5) is 18.4. The molecule has 6 heteroatoms. The molecule has 138 valence electrons. The summed E-state index contributed by atoms with van der Waals surface area (Å²) in [7, 11) is 1.84. The molecule has 1 saturated carbocycles. The Bertz CT molecular complexity index is 639. The lowest BCUT2D eigenvalue weighted by molar-refractivity contribution is -0.122. The van der Waals surface area contributed by atoms with Gasteiger partial charge < -0.3 is 15.5 Å². The monoisotopic (exact) mass is 348 g/mol. The Morgan fingerprint density at radius 3 is 2.64 bits per heavy atom. The minimum Gasteiger partial charge on any atom is -0.353 e. The quantitative estimate of drug-likeness (QED) is 0.635. The van der Waals surface area contributed by atoms with Crippen molar-refractivity contribution in [2.75, 3.05) is 20.1 Å². The van der Waals surface area contributed by atoms with E-state index in [1.807, 2.05) is 46.9 Å². The number of hydrogen-bond donors (Lipinski definition) is 2. The maximum atomic E-state index is 13.9. The minimum absolute atomic E-state index is 0.0537. The first-order valence-electron chi connectivity index (χ1n) is 8.79. The van der Waals surface area contributed by atoms with Gasteiger partial charge in [0.05, 0.1) is 6.54 Å². The number of guanidine groups is 1. The number of nitrogens with zero attached hydrogens (tertiary/aromatic N) is 2. The van der Waals surface area contributed by atoms with E-state index in [0.717, 1.165) is 12.0 Å². The van der Waals surface area contributed by atoms with Gasteiger partial charge in [-0.1, -0.05) is 18.2 Å². The van der Waals surface area contributed by atoms with Crippen molar-refractivity contribution in [1.82, 2.24) is 15.5 Å². The zero-order chi connectivity index (χ0) is 18.6. The molecule has 0 spiro atoms. The van der Waals surface area contributed by atoms with Crippen LogP contribution in [0.4, 0.5) is 4.39 Å². The third-order valence-electron chi connectivity index (χ3n) is 3.97. The van der Waals surface area contributed by atoms with E-state index in [0.29, 0.717) is 12.5 Å². The van der Waals surface area contributed by atoms with Crippen LogP contribution in [0.2, 0.25) is 0 Å². The maximum absolute atomic E-state index is 13.9. The van der Waals surface area contributed by atoms with Crippen LogP contribution in [0.25, 0.3) is 0 Å². The summed E-state index contributed by atoms with van der Waals surface area (Å²) in [5, 5.41) is 6.31. The Balaban J connectivity index is 1.95. The smallest absolute Gasteiger partial charge is 0.240 e. The van der Waals surface area contributed by atoms with Gasteiger partial charge in [0.2, 0.25) is 5.91 Å². The van der Waals surface area contributed by atoms with Gasteiger partial charge in [-0.2, -0.15) is 0 Å². The number of likely N-dealkylation sites (N-methyl/N-ethyl adjacent to an activating group) is 1. The number of aliphatic imine (C=N–C) groups is 1. The first-order chi connectivity index (χ1) is 11.7. The third kappa shape index (κ3) is 5.73. The molecule has 0 heterocycles. The molecule has 2 rings (SSSR count). The standard InChI is InChI=1S/C19H29FN4O/c1-6-21-18(24(5)12-17(25)23-19(2,3)4)22-16-11-14(16)13-9-7-8-10-15(13)20/h7-10,14,16H,6,11-12H2,1-5H3,(H,21,22)(H,23,25). The molecule has 1 aliphatic carbocycles. The van der Waals surface area contributed by atoms with Crippen LogP contribution in [0.5, 0.6) is 0 Å². The molecule has 1 aromatic carbocycles. The van der Waals surface area contributed by atoms with E-state index < -0.39 is 0 Å². The number of carbonyl (C=O) groups excluding carboxylic acids is 1. The summed E-state index contributed by atoms with van der Waals surface area (Å²) in [6, 6.07) is 7.04. The molecule has 0 radical (unpaired) electrons. The van der Waals surface area contributed by atoms with Crippen LogP contribution >= 0.6 is 0 Å². The number of nitrogens with one attached hydrogen (secondary N) is 2. The van der Waals surface area contributed by atoms with Crippen LogP contribution in [0, 0.1) is 5.82 Å². The molecule has 2 N–H and O–H groups in total. The topological polar surface area (TPSA) is 56.7 Å². The zero-order valence-electron chi connectivity index (χ0n) is 15.8. The van der Waals surface area contributed by atoms with Gasteiger partial charge in [0, 0.05) is 31.1 Å². The second-order valence-electron chi connectivity index (χ2n) is 7.57. The Hall–Kier alpha value is -2.11. The van der Waals surface area contributed by atoms with Crippen molar-refractivity contribution in [3.63, 3.8) is 0 Å². The summed E-state index contributed by atoms with van der Waals surface area (Å²) in [5.41, 5.74) is 0.476. The summed E-state index contributed by atoms with van der Waals surface area (Å²) in [6.07, 6.45) is 0.867. The molecular formula is C19H29FN4O. The molecule has 1 aliphatic rings. The fourth-order valence-corrected chi connectivity index (χ4v) is 2.81. The molecule has 0 aromatic heterocycles. The number of amides is 1. The Morgan fingerprint density at radius 1 is 1.36 bits per heavy atom. The predicted molar refractivity (Wildman–Crippen MR) is 99.2 cm³/mol. The van der Waals surface area contributed by atoms with Gasteiger partial charge in [0.25, 0.3) is 0 Å². The summed E-state index contributed by atoms with van der Waals surface area (Å²) in [5.74, 6) is 0.612. The van der Waals surface area contributed by atoms with E-state index in [1.54, 1.807) is 11.0 Å². The largest absolute Gasteiger partial charge is 0.353 e. The molecule has 2 unspecified atom stereocenters. The molecule has 0 bridgehead atoms. The zero-order valence-corrected chi connectivity index (χ0v) is 15.8. The van der Waals surface area contributed by atoms with Crippen molar-refractivity contribution in [1.29, 1.82) is 0 Å². The van der Waals surface area contributed by atoms with Crippen molar-refractivity contribution < 1.29 is 9.18 Å². The van der Waals surface area contributed by atoms with Gasteiger partial charge in [-0.15, -0.1) is 0 Å². The molecule has 0 aliphatic heterocycles. The van der Waals surface area contributed by atoms with Crippen LogP contribution in [0.3, 0.4) is 0 Å². The Kier molecular flexibility index (Phi) is 6.03. The second kappa shape index (κ2) is 7.85. The van der Waals surface area contributed by atoms with Crippen molar-refractivity contribution >= 4 is 11.9 Å². The number of rotatable bonds is 5. The van der Waals surface area contributed by atoms with Gasteiger partial charge in [-0.05, 0) is 45.7 Å². The molecule has 25 heavy (non-hydrogen) atoms. The number of halogens is 1. The van der Waals surface area contributed by atoms with E-state index >= 15 is 0 Å². The van der Waals surface area contributed by atoms with E-state index in [1.165, 1.54) is 6.07 Å².